The van der Waals surface area contributed by atoms with Crippen molar-refractivity contribution in [1.82, 2.24) is 5.32 Å². The predicted molar refractivity (Wildman–Crippen MR) is 104 cm³/mol. The summed E-state index contributed by atoms with van der Waals surface area (Å²) in [5.74, 6) is 2.00. The molecule has 136 valence electrons. The first-order valence-electron chi connectivity index (χ1n) is 8.23. The molecule has 0 saturated carbocycles. The second kappa shape index (κ2) is 8.27. The Kier molecular flexibility index (Phi) is 5.83. The fourth-order valence-corrected chi connectivity index (χ4v) is 3.21. The predicted octanol–water partition coefficient (Wildman–Crippen LogP) is 4.12. The van der Waals surface area contributed by atoms with E-state index in [4.69, 9.17) is 14.2 Å². The summed E-state index contributed by atoms with van der Waals surface area (Å²) in [6, 6.07) is 11.2. The SMILES string of the molecule is COc1cc(/C=C/C(=O)NC2CCOc3ccc(Br)cc32)cc(OC)c1. The molecule has 1 unspecified atom stereocenters. The van der Waals surface area contributed by atoms with Gasteiger partial charge in [0.15, 0.2) is 0 Å². The molecule has 1 atom stereocenters. The molecule has 1 heterocycles. The number of carbonyl (C=O) groups excluding carboxylic acids is 1. The van der Waals surface area contributed by atoms with Crippen molar-refractivity contribution in [2.24, 2.45) is 0 Å². The van der Waals surface area contributed by atoms with E-state index in [0.717, 1.165) is 27.8 Å². The molecule has 1 N–H and O–H groups in total. The van der Waals surface area contributed by atoms with Gasteiger partial charge < -0.3 is 19.5 Å². The highest BCUT2D eigenvalue weighted by Gasteiger charge is 2.22. The smallest absolute Gasteiger partial charge is 0.244 e. The van der Waals surface area contributed by atoms with E-state index < -0.39 is 0 Å². The minimum absolute atomic E-state index is 0.0757. The standard InChI is InChI=1S/C20H20BrNO4/c1-24-15-9-13(10-16(12-15)25-2)3-6-20(23)22-18-7-8-26-19-5-4-14(21)11-17(18)19/h3-6,9-12,18H,7-8H2,1-2H3,(H,22,23)/b6-3+. The maximum absolute atomic E-state index is 12.4. The summed E-state index contributed by atoms with van der Waals surface area (Å²) < 4.78 is 17.1. The summed E-state index contributed by atoms with van der Waals surface area (Å²) in [4.78, 5) is 12.4. The van der Waals surface area contributed by atoms with E-state index >= 15 is 0 Å². The highest BCUT2D eigenvalue weighted by Crippen LogP contribution is 2.34. The Morgan fingerprint density at radius 2 is 1.92 bits per heavy atom. The van der Waals surface area contributed by atoms with Crippen LogP contribution in [0.5, 0.6) is 17.2 Å². The van der Waals surface area contributed by atoms with Gasteiger partial charge in [-0.2, -0.15) is 0 Å². The average molecular weight is 418 g/mol. The van der Waals surface area contributed by atoms with E-state index in [1.54, 1.807) is 26.4 Å². The summed E-state index contributed by atoms with van der Waals surface area (Å²) in [5, 5.41) is 3.04. The second-order valence-electron chi connectivity index (χ2n) is 5.86. The molecule has 2 aromatic carbocycles. The van der Waals surface area contributed by atoms with Crippen LogP contribution in [0.3, 0.4) is 0 Å². The van der Waals surface area contributed by atoms with Crippen LogP contribution in [0.25, 0.3) is 6.08 Å². The summed E-state index contributed by atoms with van der Waals surface area (Å²) in [6.45, 7) is 0.580. The first-order chi connectivity index (χ1) is 12.6. The number of benzene rings is 2. The number of fused-ring (bicyclic) bond motifs is 1. The summed E-state index contributed by atoms with van der Waals surface area (Å²) >= 11 is 3.47. The summed E-state index contributed by atoms with van der Waals surface area (Å²) in [5.41, 5.74) is 1.81. The molecule has 6 heteroatoms. The van der Waals surface area contributed by atoms with Gasteiger partial charge in [-0.3, -0.25) is 4.79 Å². The molecule has 1 aliphatic heterocycles. The number of rotatable bonds is 5. The third-order valence-electron chi connectivity index (χ3n) is 4.13. The zero-order chi connectivity index (χ0) is 18.5. The number of halogens is 1. The van der Waals surface area contributed by atoms with E-state index in [1.807, 2.05) is 30.3 Å². The van der Waals surface area contributed by atoms with E-state index in [9.17, 15) is 4.79 Å². The molecule has 0 saturated heterocycles. The lowest BCUT2D eigenvalue weighted by atomic mass is 10.0. The van der Waals surface area contributed by atoms with Crippen molar-refractivity contribution in [3.8, 4) is 17.2 Å². The van der Waals surface area contributed by atoms with Gasteiger partial charge in [0.05, 0.1) is 26.9 Å². The summed E-state index contributed by atoms with van der Waals surface area (Å²) in [6.07, 6.45) is 3.98. The van der Waals surface area contributed by atoms with Gasteiger partial charge in [0.2, 0.25) is 5.91 Å². The van der Waals surface area contributed by atoms with Crippen LogP contribution in [-0.2, 0) is 4.79 Å². The van der Waals surface area contributed by atoms with Crippen LogP contribution >= 0.6 is 15.9 Å². The highest BCUT2D eigenvalue weighted by atomic mass is 79.9. The van der Waals surface area contributed by atoms with Gasteiger partial charge in [0, 0.05) is 28.6 Å². The van der Waals surface area contributed by atoms with Gasteiger partial charge in [0.1, 0.15) is 17.2 Å². The van der Waals surface area contributed by atoms with Crippen LogP contribution in [0.2, 0.25) is 0 Å². The maximum Gasteiger partial charge on any atom is 0.244 e. The molecule has 0 fully saturated rings. The second-order valence-corrected chi connectivity index (χ2v) is 6.78. The van der Waals surface area contributed by atoms with Crippen LogP contribution in [0.4, 0.5) is 0 Å². The zero-order valence-electron chi connectivity index (χ0n) is 14.6. The number of ether oxygens (including phenoxy) is 3. The van der Waals surface area contributed by atoms with Crippen LogP contribution in [-0.4, -0.2) is 26.7 Å². The molecule has 3 rings (SSSR count). The van der Waals surface area contributed by atoms with Gasteiger partial charge in [-0.25, -0.2) is 0 Å². The lowest BCUT2D eigenvalue weighted by molar-refractivity contribution is -0.117. The fraction of sp³-hybridized carbons (Fsp3) is 0.250. The van der Waals surface area contributed by atoms with Gasteiger partial charge in [-0.1, -0.05) is 15.9 Å². The van der Waals surface area contributed by atoms with Gasteiger partial charge in [-0.05, 0) is 42.0 Å². The monoisotopic (exact) mass is 417 g/mol. The zero-order valence-corrected chi connectivity index (χ0v) is 16.2. The molecule has 0 aromatic heterocycles. The average Bonchev–Trinajstić information content (AvgIpc) is 2.66. The molecule has 1 aliphatic rings. The Labute approximate surface area is 161 Å². The number of hydrogen-bond acceptors (Lipinski definition) is 4. The lowest BCUT2D eigenvalue weighted by Gasteiger charge is -2.26. The van der Waals surface area contributed by atoms with Crippen LogP contribution in [0, 0.1) is 0 Å². The molecular weight excluding hydrogens is 398 g/mol. The van der Waals surface area contributed by atoms with Crippen molar-refractivity contribution >= 4 is 27.9 Å². The number of nitrogens with one attached hydrogen (secondary N) is 1. The van der Waals surface area contributed by atoms with Gasteiger partial charge in [-0.15, -0.1) is 0 Å². The molecule has 1 amide bonds. The van der Waals surface area contributed by atoms with Crippen molar-refractivity contribution in [1.29, 1.82) is 0 Å². The van der Waals surface area contributed by atoms with Gasteiger partial charge in [0.25, 0.3) is 0 Å². The third-order valence-corrected chi connectivity index (χ3v) is 4.62. The first-order valence-corrected chi connectivity index (χ1v) is 9.02. The number of carbonyl (C=O) groups is 1. The fourth-order valence-electron chi connectivity index (χ4n) is 2.83. The summed E-state index contributed by atoms with van der Waals surface area (Å²) in [7, 11) is 3.19. The molecule has 26 heavy (non-hydrogen) atoms. The van der Waals surface area contributed by atoms with Crippen LogP contribution in [0.15, 0.2) is 46.9 Å². The Balaban J connectivity index is 1.72. The molecule has 0 radical (unpaired) electrons. The maximum atomic E-state index is 12.4. The minimum atomic E-state index is -0.162. The number of amides is 1. The van der Waals surface area contributed by atoms with Crippen molar-refractivity contribution < 1.29 is 19.0 Å². The molecule has 2 aromatic rings. The van der Waals surface area contributed by atoms with Crippen molar-refractivity contribution in [3.05, 3.63) is 58.1 Å². The third kappa shape index (κ3) is 4.38. The molecule has 0 spiro atoms. The van der Waals surface area contributed by atoms with Crippen LogP contribution in [0.1, 0.15) is 23.6 Å². The Bertz CT molecular complexity index is 812. The molecular formula is C20H20BrNO4. The van der Waals surface area contributed by atoms with E-state index in [1.165, 1.54) is 6.08 Å². The van der Waals surface area contributed by atoms with Crippen LogP contribution < -0.4 is 19.5 Å². The van der Waals surface area contributed by atoms with E-state index in [2.05, 4.69) is 21.2 Å². The van der Waals surface area contributed by atoms with E-state index in [0.29, 0.717) is 18.1 Å². The minimum Gasteiger partial charge on any atom is -0.497 e. The van der Waals surface area contributed by atoms with Crippen molar-refractivity contribution in [2.75, 3.05) is 20.8 Å². The van der Waals surface area contributed by atoms with Crippen molar-refractivity contribution in [3.63, 3.8) is 0 Å². The normalized spacial score (nSPS) is 15.9. The Morgan fingerprint density at radius 3 is 2.62 bits per heavy atom. The Morgan fingerprint density at radius 1 is 1.19 bits per heavy atom. The van der Waals surface area contributed by atoms with Gasteiger partial charge >= 0.3 is 0 Å². The molecule has 5 nitrogen and oxygen atoms in total. The number of methoxy groups -OCH3 is 2. The van der Waals surface area contributed by atoms with Crippen molar-refractivity contribution in [2.45, 2.75) is 12.5 Å². The largest absolute Gasteiger partial charge is 0.497 e. The quantitative estimate of drug-likeness (QED) is 0.743. The Hall–Kier alpha value is -2.47. The number of hydrogen-bond donors (Lipinski definition) is 1. The molecule has 0 bridgehead atoms. The topological polar surface area (TPSA) is 56.8 Å². The lowest BCUT2D eigenvalue weighted by Crippen LogP contribution is -2.31. The van der Waals surface area contributed by atoms with E-state index in [-0.39, 0.29) is 11.9 Å². The first kappa shape index (κ1) is 18.3. The molecule has 0 aliphatic carbocycles. The highest BCUT2D eigenvalue weighted by molar-refractivity contribution is 9.10.